The van der Waals surface area contributed by atoms with Crippen LogP contribution in [0.4, 0.5) is 4.79 Å². The molecule has 0 saturated carbocycles. The third kappa shape index (κ3) is 5.61. The van der Waals surface area contributed by atoms with Crippen molar-refractivity contribution in [3.63, 3.8) is 0 Å². The van der Waals surface area contributed by atoms with E-state index in [9.17, 15) is 4.79 Å². The molecule has 1 saturated heterocycles. The summed E-state index contributed by atoms with van der Waals surface area (Å²) in [6.45, 7) is 4.21. The van der Waals surface area contributed by atoms with Crippen molar-refractivity contribution in [3.8, 4) is 0 Å². The Balaban J connectivity index is 1.58. The van der Waals surface area contributed by atoms with Crippen molar-refractivity contribution in [2.75, 3.05) is 26.2 Å². The quantitative estimate of drug-likeness (QED) is 0.899. The zero-order chi connectivity index (χ0) is 14.0. The molecule has 0 unspecified atom stereocenters. The van der Waals surface area contributed by atoms with Crippen LogP contribution in [-0.2, 0) is 11.3 Å². The van der Waals surface area contributed by atoms with Crippen LogP contribution in [0.1, 0.15) is 31.2 Å². The van der Waals surface area contributed by atoms with Crippen LogP contribution in [0.25, 0.3) is 0 Å². The predicted octanol–water partition coefficient (Wildman–Crippen LogP) is 2.79. The fourth-order valence-corrected chi connectivity index (χ4v) is 2.45. The monoisotopic (exact) mass is 276 g/mol. The number of likely N-dealkylation sites (tertiary alicyclic amines) is 1. The molecule has 0 atom stereocenters. The number of alkyl carbamates (subject to hydrolysis) is 1. The second kappa shape index (κ2) is 8.59. The molecular formula is C16H24N2O2. The SMILES string of the molecule is O=C(NCCN1CCCCCC1)OCc1ccccc1. The maximum atomic E-state index is 11.6. The Morgan fingerprint density at radius 2 is 1.80 bits per heavy atom. The first-order valence-electron chi connectivity index (χ1n) is 7.51. The Labute approximate surface area is 121 Å². The second-order valence-electron chi connectivity index (χ2n) is 5.24. The Hall–Kier alpha value is -1.55. The van der Waals surface area contributed by atoms with Crippen LogP contribution >= 0.6 is 0 Å². The first-order chi connectivity index (χ1) is 9.84. The number of nitrogens with one attached hydrogen (secondary N) is 1. The molecule has 1 N–H and O–H groups in total. The second-order valence-corrected chi connectivity index (χ2v) is 5.24. The highest BCUT2D eigenvalue weighted by atomic mass is 16.5. The van der Waals surface area contributed by atoms with E-state index in [1.165, 1.54) is 25.7 Å². The van der Waals surface area contributed by atoms with Crippen molar-refractivity contribution in [1.82, 2.24) is 10.2 Å². The Morgan fingerprint density at radius 1 is 1.10 bits per heavy atom. The number of carbonyl (C=O) groups is 1. The predicted molar refractivity (Wildman–Crippen MR) is 79.5 cm³/mol. The van der Waals surface area contributed by atoms with Crippen LogP contribution < -0.4 is 5.32 Å². The molecule has 20 heavy (non-hydrogen) atoms. The molecule has 0 bridgehead atoms. The minimum atomic E-state index is -0.330. The third-order valence-electron chi connectivity index (χ3n) is 3.61. The largest absolute Gasteiger partial charge is 0.445 e. The molecule has 0 radical (unpaired) electrons. The lowest BCUT2D eigenvalue weighted by Gasteiger charge is -2.19. The summed E-state index contributed by atoms with van der Waals surface area (Å²) in [6, 6.07) is 9.73. The Morgan fingerprint density at radius 3 is 2.50 bits per heavy atom. The number of hydrogen-bond acceptors (Lipinski definition) is 3. The standard InChI is InChI=1S/C16H24N2O2/c19-16(20-14-15-8-4-3-5-9-15)17-10-13-18-11-6-1-2-7-12-18/h3-5,8-9H,1-2,6-7,10-14H2,(H,17,19). The van der Waals surface area contributed by atoms with Gasteiger partial charge in [0.25, 0.3) is 0 Å². The molecule has 0 aliphatic carbocycles. The number of rotatable bonds is 5. The molecule has 0 spiro atoms. The van der Waals surface area contributed by atoms with Gasteiger partial charge in [0, 0.05) is 13.1 Å². The van der Waals surface area contributed by atoms with Gasteiger partial charge in [-0.2, -0.15) is 0 Å². The molecule has 4 nitrogen and oxygen atoms in total. The van der Waals surface area contributed by atoms with Gasteiger partial charge in [-0.15, -0.1) is 0 Å². The van der Waals surface area contributed by atoms with E-state index >= 15 is 0 Å². The van der Waals surface area contributed by atoms with Gasteiger partial charge < -0.3 is 15.0 Å². The zero-order valence-corrected chi connectivity index (χ0v) is 12.0. The number of amides is 1. The topological polar surface area (TPSA) is 41.6 Å². The normalized spacial score (nSPS) is 16.4. The first kappa shape index (κ1) is 14.9. The smallest absolute Gasteiger partial charge is 0.407 e. The van der Waals surface area contributed by atoms with E-state index in [4.69, 9.17) is 4.74 Å². The molecule has 1 heterocycles. The van der Waals surface area contributed by atoms with Gasteiger partial charge >= 0.3 is 6.09 Å². The summed E-state index contributed by atoms with van der Waals surface area (Å²) in [4.78, 5) is 14.0. The summed E-state index contributed by atoms with van der Waals surface area (Å²) in [5.41, 5.74) is 1.01. The molecular weight excluding hydrogens is 252 g/mol. The Bertz CT molecular complexity index is 387. The van der Waals surface area contributed by atoms with Crippen LogP contribution in [0.5, 0.6) is 0 Å². The van der Waals surface area contributed by atoms with Crippen molar-refractivity contribution >= 4 is 6.09 Å². The summed E-state index contributed by atoms with van der Waals surface area (Å²) in [7, 11) is 0. The van der Waals surface area contributed by atoms with Crippen LogP contribution in [0.2, 0.25) is 0 Å². The summed E-state index contributed by atoms with van der Waals surface area (Å²) in [6.07, 6.45) is 4.90. The number of hydrogen-bond donors (Lipinski definition) is 1. The summed E-state index contributed by atoms with van der Waals surface area (Å²) < 4.78 is 5.17. The molecule has 1 aromatic rings. The van der Waals surface area contributed by atoms with E-state index in [1.54, 1.807) is 0 Å². The lowest BCUT2D eigenvalue weighted by atomic mass is 10.2. The highest BCUT2D eigenvalue weighted by Gasteiger charge is 2.09. The van der Waals surface area contributed by atoms with E-state index in [-0.39, 0.29) is 6.09 Å². The van der Waals surface area contributed by atoms with E-state index in [0.717, 1.165) is 25.2 Å². The third-order valence-corrected chi connectivity index (χ3v) is 3.61. The fourth-order valence-electron chi connectivity index (χ4n) is 2.45. The average molecular weight is 276 g/mol. The van der Waals surface area contributed by atoms with Gasteiger partial charge in [0.15, 0.2) is 0 Å². The lowest BCUT2D eigenvalue weighted by Crippen LogP contribution is -2.35. The van der Waals surface area contributed by atoms with Gasteiger partial charge in [-0.3, -0.25) is 0 Å². The van der Waals surface area contributed by atoms with Crippen LogP contribution in [0.3, 0.4) is 0 Å². The van der Waals surface area contributed by atoms with Crippen molar-refractivity contribution in [2.45, 2.75) is 32.3 Å². The van der Waals surface area contributed by atoms with Crippen LogP contribution in [-0.4, -0.2) is 37.2 Å². The van der Waals surface area contributed by atoms with E-state index in [2.05, 4.69) is 10.2 Å². The highest BCUT2D eigenvalue weighted by molar-refractivity contribution is 5.67. The van der Waals surface area contributed by atoms with Crippen LogP contribution in [0, 0.1) is 0 Å². The average Bonchev–Trinajstić information content (AvgIpc) is 2.75. The maximum Gasteiger partial charge on any atom is 0.407 e. The molecule has 4 heteroatoms. The fraction of sp³-hybridized carbons (Fsp3) is 0.562. The number of nitrogens with zero attached hydrogens (tertiary/aromatic N) is 1. The molecule has 1 aliphatic rings. The van der Waals surface area contributed by atoms with Gasteiger partial charge in [-0.25, -0.2) is 4.79 Å². The molecule has 0 aromatic heterocycles. The maximum absolute atomic E-state index is 11.6. The minimum Gasteiger partial charge on any atom is -0.445 e. The summed E-state index contributed by atoms with van der Waals surface area (Å²) in [5.74, 6) is 0. The number of ether oxygens (including phenoxy) is 1. The molecule has 2 rings (SSSR count). The Kier molecular flexibility index (Phi) is 6.38. The summed E-state index contributed by atoms with van der Waals surface area (Å²) in [5, 5.41) is 2.82. The molecule has 1 aliphatic heterocycles. The van der Waals surface area contributed by atoms with Gasteiger partial charge in [0.2, 0.25) is 0 Å². The molecule has 1 fully saturated rings. The van der Waals surface area contributed by atoms with Gasteiger partial charge in [-0.05, 0) is 31.5 Å². The molecule has 1 aromatic carbocycles. The molecule has 110 valence electrons. The minimum absolute atomic E-state index is 0.330. The zero-order valence-electron chi connectivity index (χ0n) is 12.0. The highest BCUT2D eigenvalue weighted by Crippen LogP contribution is 2.08. The van der Waals surface area contributed by atoms with Gasteiger partial charge in [0.1, 0.15) is 6.61 Å². The molecule has 1 amide bonds. The van der Waals surface area contributed by atoms with Gasteiger partial charge in [-0.1, -0.05) is 43.2 Å². The lowest BCUT2D eigenvalue weighted by molar-refractivity contribution is 0.138. The van der Waals surface area contributed by atoms with Crippen molar-refractivity contribution in [1.29, 1.82) is 0 Å². The van der Waals surface area contributed by atoms with E-state index in [1.807, 2.05) is 30.3 Å². The van der Waals surface area contributed by atoms with Crippen molar-refractivity contribution in [2.24, 2.45) is 0 Å². The summed E-state index contributed by atoms with van der Waals surface area (Å²) >= 11 is 0. The first-order valence-corrected chi connectivity index (χ1v) is 7.51. The van der Waals surface area contributed by atoms with Crippen molar-refractivity contribution < 1.29 is 9.53 Å². The van der Waals surface area contributed by atoms with Gasteiger partial charge in [0.05, 0.1) is 0 Å². The van der Waals surface area contributed by atoms with E-state index < -0.39 is 0 Å². The van der Waals surface area contributed by atoms with Crippen molar-refractivity contribution in [3.05, 3.63) is 35.9 Å². The number of carbonyl (C=O) groups excluding carboxylic acids is 1. The van der Waals surface area contributed by atoms with Crippen LogP contribution in [0.15, 0.2) is 30.3 Å². The number of benzene rings is 1. The van der Waals surface area contributed by atoms with E-state index in [0.29, 0.717) is 13.2 Å².